The number of hydrogen-bond acceptors (Lipinski definition) is 4. The molecular weight excluding hydrogens is 394 g/mol. The fourth-order valence-corrected chi connectivity index (χ4v) is 5.73. The predicted molar refractivity (Wildman–Crippen MR) is 112 cm³/mol. The van der Waals surface area contributed by atoms with E-state index in [0.717, 1.165) is 5.56 Å². The van der Waals surface area contributed by atoms with E-state index in [0.29, 0.717) is 30.1 Å². The molecule has 1 aromatic heterocycles. The summed E-state index contributed by atoms with van der Waals surface area (Å²) in [5.74, 6) is 0.265. The number of amides is 2. The second kappa shape index (κ2) is 9.07. The zero-order valence-electron chi connectivity index (χ0n) is 16.2. The van der Waals surface area contributed by atoms with Crippen molar-refractivity contribution in [3.8, 4) is 0 Å². The highest BCUT2D eigenvalue weighted by Gasteiger charge is 2.28. The fraction of sp³-hybridized carbons (Fsp3) is 0.450. The Balaban J connectivity index is 1.55. The molecule has 2 heterocycles. The summed E-state index contributed by atoms with van der Waals surface area (Å²) in [6.07, 6.45) is 1.21. The third-order valence-electron chi connectivity index (χ3n) is 4.97. The lowest BCUT2D eigenvalue weighted by Crippen LogP contribution is -2.50. The third kappa shape index (κ3) is 5.12. The van der Waals surface area contributed by atoms with Crippen LogP contribution in [0.3, 0.4) is 0 Å². The van der Waals surface area contributed by atoms with Crippen molar-refractivity contribution in [3.05, 3.63) is 53.4 Å². The van der Waals surface area contributed by atoms with Crippen molar-refractivity contribution in [1.82, 2.24) is 14.9 Å². The molecule has 0 aliphatic carbocycles. The summed E-state index contributed by atoms with van der Waals surface area (Å²) < 4.78 is 27.8. The van der Waals surface area contributed by atoms with Crippen LogP contribution in [-0.2, 0) is 10.0 Å². The number of carbonyl (C=O) groups excluding carboxylic acids is 1. The minimum absolute atomic E-state index is 0.0521. The first-order valence-electron chi connectivity index (χ1n) is 9.53. The summed E-state index contributed by atoms with van der Waals surface area (Å²) in [6, 6.07) is 13.0. The van der Waals surface area contributed by atoms with Gasteiger partial charge in [-0.05, 0) is 35.8 Å². The Bertz CT molecular complexity index is 859. The van der Waals surface area contributed by atoms with Gasteiger partial charge in [-0.25, -0.2) is 17.9 Å². The lowest BCUT2D eigenvalue weighted by molar-refractivity contribution is 0.173. The number of carbonyl (C=O) groups is 1. The van der Waals surface area contributed by atoms with Crippen LogP contribution in [0.1, 0.15) is 38.3 Å². The second-order valence-corrected chi connectivity index (χ2v) is 10.3. The first-order valence-corrected chi connectivity index (χ1v) is 11.9. The monoisotopic (exact) mass is 421 g/mol. The molecule has 2 N–H and O–H groups in total. The van der Waals surface area contributed by atoms with Crippen molar-refractivity contribution in [3.63, 3.8) is 0 Å². The van der Waals surface area contributed by atoms with E-state index in [2.05, 4.69) is 23.9 Å². The molecule has 0 spiro atoms. The fourth-order valence-electron chi connectivity index (χ4n) is 3.41. The first kappa shape index (κ1) is 20.8. The van der Waals surface area contributed by atoms with E-state index in [9.17, 15) is 13.2 Å². The standard InChI is InChI=1S/C20H27N3O3S2/c1-15(2)19(16-7-4-3-5-8-16)21-20(24)23-12-10-17(11-13-23)22-28(25,26)18-9-6-14-27-18/h3-9,14-15,17,19,22H,10-13H2,1-2H3,(H,21,24)/t19-/m0/s1. The Morgan fingerprint density at radius 3 is 2.36 bits per heavy atom. The van der Waals surface area contributed by atoms with E-state index >= 15 is 0 Å². The smallest absolute Gasteiger partial charge is 0.317 e. The highest BCUT2D eigenvalue weighted by Crippen LogP contribution is 2.23. The maximum absolute atomic E-state index is 12.7. The Kier molecular flexibility index (Phi) is 6.74. The molecule has 152 valence electrons. The lowest BCUT2D eigenvalue weighted by atomic mass is 9.96. The number of urea groups is 1. The van der Waals surface area contributed by atoms with E-state index in [1.54, 1.807) is 22.4 Å². The molecule has 1 atom stereocenters. The van der Waals surface area contributed by atoms with Crippen LogP contribution in [0, 0.1) is 5.92 Å². The van der Waals surface area contributed by atoms with Crippen LogP contribution in [0.2, 0.25) is 0 Å². The third-order valence-corrected chi connectivity index (χ3v) is 7.89. The van der Waals surface area contributed by atoms with Crippen molar-refractivity contribution >= 4 is 27.4 Å². The van der Waals surface area contributed by atoms with Crippen molar-refractivity contribution < 1.29 is 13.2 Å². The second-order valence-electron chi connectivity index (χ2n) is 7.40. The average molecular weight is 422 g/mol. The normalized spacial score (nSPS) is 16.9. The predicted octanol–water partition coefficient (Wildman–Crippen LogP) is 3.60. The van der Waals surface area contributed by atoms with Crippen molar-refractivity contribution in [1.29, 1.82) is 0 Å². The van der Waals surface area contributed by atoms with Crippen LogP contribution in [0.4, 0.5) is 4.79 Å². The van der Waals surface area contributed by atoms with Crippen LogP contribution in [0.25, 0.3) is 0 Å². The number of likely N-dealkylation sites (tertiary alicyclic amines) is 1. The number of nitrogens with zero attached hydrogens (tertiary/aromatic N) is 1. The highest BCUT2D eigenvalue weighted by atomic mass is 32.2. The molecule has 2 aromatic rings. The Labute approximate surface area is 171 Å². The van der Waals surface area contributed by atoms with E-state index in [1.165, 1.54) is 11.3 Å². The van der Waals surface area contributed by atoms with Crippen LogP contribution in [-0.4, -0.2) is 38.5 Å². The molecule has 0 saturated carbocycles. The summed E-state index contributed by atoms with van der Waals surface area (Å²) >= 11 is 1.21. The van der Waals surface area contributed by atoms with Gasteiger partial charge in [-0.2, -0.15) is 0 Å². The largest absolute Gasteiger partial charge is 0.331 e. The van der Waals surface area contributed by atoms with Gasteiger partial charge in [0.1, 0.15) is 4.21 Å². The van der Waals surface area contributed by atoms with Gasteiger partial charge in [-0.15, -0.1) is 11.3 Å². The van der Waals surface area contributed by atoms with Crippen molar-refractivity contribution in [2.24, 2.45) is 5.92 Å². The molecule has 1 aliphatic rings. The molecule has 1 aliphatic heterocycles. The Hall–Kier alpha value is -1.90. The molecular formula is C20H27N3O3S2. The van der Waals surface area contributed by atoms with Gasteiger partial charge in [0.2, 0.25) is 10.0 Å². The highest BCUT2D eigenvalue weighted by molar-refractivity contribution is 7.91. The Morgan fingerprint density at radius 2 is 1.79 bits per heavy atom. The van der Waals surface area contributed by atoms with Gasteiger partial charge in [-0.3, -0.25) is 0 Å². The zero-order chi connectivity index (χ0) is 20.1. The van der Waals surface area contributed by atoms with E-state index in [1.807, 2.05) is 30.3 Å². The van der Waals surface area contributed by atoms with Crippen molar-refractivity contribution in [2.75, 3.05) is 13.1 Å². The van der Waals surface area contributed by atoms with Gasteiger partial charge in [0.25, 0.3) is 0 Å². The van der Waals surface area contributed by atoms with Crippen LogP contribution in [0.15, 0.2) is 52.1 Å². The van der Waals surface area contributed by atoms with Gasteiger partial charge < -0.3 is 10.2 Å². The summed E-state index contributed by atoms with van der Waals surface area (Å²) in [5, 5.41) is 4.89. The zero-order valence-corrected chi connectivity index (χ0v) is 17.8. The van der Waals surface area contributed by atoms with Crippen LogP contribution in [0.5, 0.6) is 0 Å². The first-order chi connectivity index (χ1) is 13.4. The van der Waals surface area contributed by atoms with E-state index in [4.69, 9.17) is 0 Å². The molecule has 6 nitrogen and oxygen atoms in total. The number of piperidine rings is 1. The number of nitrogens with one attached hydrogen (secondary N) is 2. The lowest BCUT2D eigenvalue weighted by Gasteiger charge is -2.34. The Morgan fingerprint density at radius 1 is 1.11 bits per heavy atom. The van der Waals surface area contributed by atoms with Gasteiger partial charge in [0, 0.05) is 19.1 Å². The van der Waals surface area contributed by atoms with Gasteiger partial charge >= 0.3 is 6.03 Å². The van der Waals surface area contributed by atoms with Gasteiger partial charge in [0.15, 0.2) is 0 Å². The summed E-state index contributed by atoms with van der Waals surface area (Å²) in [6.45, 7) is 5.24. The van der Waals surface area contributed by atoms with E-state index < -0.39 is 10.0 Å². The topological polar surface area (TPSA) is 78.5 Å². The number of rotatable bonds is 6. The number of thiophene rings is 1. The van der Waals surface area contributed by atoms with Crippen LogP contribution >= 0.6 is 11.3 Å². The number of benzene rings is 1. The molecule has 0 bridgehead atoms. The molecule has 0 radical (unpaired) electrons. The molecule has 1 fully saturated rings. The SMILES string of the molecule is CC(C)[C@H](NC(=O)N1CCC(NS(=O)(=O)c2cccs2)CC1)c1ccccc1. The molecule has 0 unspecified atom stereocenters. The van der Waals surface area contributed by atoms with Gasteiger partial charge in [-0.1, -0.05) is 50.2 Å². The molecule has 8 heteroatoms. The summed E-state index contributed by atoms with van der Waals surface area (Å²) in [5.41, 5.74) is 1.09. The minimum Gasteiger partial charge on any atom is -0.331 e. The maximum atomic E-state index is 12.7. The quantitative estimate of drug-likeness (QED) is 0.748. The van der Waals surface area contributed by atoms with Gasteiger partial charge in [0.05, 0.1) is 6.04 Å². The average Bonchev–Trinajstić information content (AvgIpc) is 3.22. The molecule has 28 heavy (non-hydrogen) atoms. The summed E-state index contributed by atoms with van der Waals surface area (Å²) in [4.78, 5) is 14.5. The minimum atomic E-state index is -3.47. The molecule has 1 aromatic carbocycles. The van der Waals surface area contributed by atoms with Crippen molar-refractivity contribution in [2.45, 2.75) is 43.0 Å². The number of sulfonamides is 1. The molecule has 3 rings (SSSR count). The maximum Gasteiger partial charge on any atom is 0.317 e. The number of hydrogen-bond donors (Lipinski definition) is 2. The molecule has 1 saturated heterocycles. The van der Waals surface area contributed by atoms with E-state index in [-0.39, 0.29) is 24.0 Å². The van der Waals surface area contributed by atoms with Crippen LogP contribution < -0.4 is 10.0 Å². The summed E-state index contributed by atoms with van der Waals surface area (Å²) in [7, 11) is -3.47. The molecule has 2 amide bonds.